The molecule has 0 saturated heterocycles. The predicted molar refractivity (Wildman–Crippen MR) is 77.0 cm³/mol. The Morgan fingerprint density at radius 3 is 2.56 bits per heavy atom. The summed E-state index contributed by atoms with van der Waals surface area (Å²) in [5.41, 5.74) is 0.737. The number of ether oxygens (including phenoxy) is 1. The Balaban J connectivity index is 2.52. The molecule has 0 radical (unpaired) electrons. The van der Waals surface area contributed by atoms with Crippen molar-refractivity contribution in [3.05, 3.63) is 35.9 Å². The predicted octanol–water partition coefficient (Wildman–Crippen LogP) is 2.07. The van der Waals surface area contributed by atoms with E-state index in [1.54, 1.807) is 7.11 Å². The standard InChI is InChI=1S/C14H21NO2S/c1-14(2,10-17-3)15-13(16)12(18)9-11-7-5-4-6-8-11/h4-8,12,18H,9-10H2,1-3H3,(H,15,16). The zero-order valence-corrected chi connectivity index (χ0v) is 12.0. The van der Waals surface area contributed by atoms with Gasteiger partial charge in [0, 0.05) is 7.11 Å². The van der Waals surface area contributed by atoms with Gasteiger partial charge in [0.2, 0.25) is 5.91 Å². The zero-order valence-electron chi connectivity index (χ0n) is 11.1. The van der Waals surface area contributed by atoms with Crippen LogP contribution in [0.25, 0.3) is 0 Å². The topological polar surface area (TPSA) is 38.3 Å². The molecule has 0 saturated carbocycles. The first-order valence-corrected chi connectivity index (χ1v) is 6.49. The highest BCUT2D eigenvalue weighted by Crippen LogP contribution is 2.10. The monoisotopic (exact) mass is 267 g/mol. The van der Waals surface area contributed by atoms with Crippen LogP contribution < -0.4 is 5.32 Å². The molecule has 1 rings (SSSR count). The summed E-state index contributed by atoms with van der Waals surface area (Å²) in [6, 6.07) is 9.87. The fourth-order valence-corrected chi connectivity index (χ4v) is 2.02. The van der Waals surface area contributed by atoms with Crippen LogP contribution in [-0.4, -0.2) is 30.4 Å². The first-order valence-electron chi connectivity index (χ1n) is 5.97. The normalized spacial score (nSPS) is 13.1. The van der Waals surface area contributed by atoms with Crippen molar-refractivity contribution in [1.29, 1.82) is 0 Å². The average molecular weight is 267 g/mol. The van der Waals surface area contributed by atoms with E-state index in [9.17, 15) is 4.79 Å². The summed E-state index contributed by atoms with van der Waals surface area (Å²) >= 11 is 4.36. The lowest BCUT2D eigenvalue weighted by Crippen LogP contribution is -2.49. The van der Waals surface area contributed by atoms with E-state index in [1.807, 2.05) is 44.2 Å². The Morgan fingerprint density at radius 2 is 2.00 bits per heavy atom. The van der Waals surface area contributed by atoms with Crippen LogP contribution in [0.3, 0.4) is 0 Å². The van der Waals surface area contributed by atoms with Crippen molar-refractivity contribution in [3.63, 3.8) is 0 Å². The number of hydrogen-bond acceptors (Lipinski definition) is 3. The Kier molecular flexibility index (Phi) is 5.69. The lowest BCUT2D eigenvalue weighted by molar-refractivity contribution is -0.122. The fourth-order valence-electron chi connectivity index (χ4n) is 1.74. The third kappa shape index (κ3) is 5.10. The minimum Gasteiger partial charge on any atom is -0.382 e. The second-order valence-corrected chi connectivity index (χ2v) is 5.64. The molecule has 0 heterocycles. The molecule has 100 valence electrons. The molecule has 0 aliphatic heterocycles. The summed E-state index contributed by atoms with van der Waals surface area (Å²) in [5, 5.41) is 2.59. The summed E-state index contributed by atoms with van der Waals surface area (Å²) in [4.78, 5) is 12.0. The summed E-state index contributed by atoms with van der Waals surface area (Å²) in [7, 11) is 1.62. The average Bonchev–Trinajstić information content (AvgIpc) is 2.29. The number of carbonyl (C=O) groups is 1. The van der Waals surface area contributed by atoms with Gasteiger partial charge in [0.1, 0.15) is 0 Å². The van der Waals surface area contributed by atoms with Crippen molar-refractivity contribution in [2.45, 2.75) is 31.1 Å². The van der Waals surface area contributed by atoms with Crippen molar-refractivity contribution in [2.24, 2.45) is 0 Å². The van der Waals surface area contributed by atoms with Crippen molar-refractivity contribution < 1.29 is 9.53 Å². The Hall–Kier alpha value is -1.00. The zero-order chi connectivity index (χ0) is 13.6. The van der Waals surface area contributed by atoms with Crippen LogP contribution in [-0.2, 0) is 16.0 Å². The fraction of sp³-hybridized carbons (Fsp3) is 0.500. The summed E-state index contributed by atoms with van der Waals surface area (Å²) in [5.74, 6) is -0.0655. The van der Waals surface area contributed by atoms with Gasteiger partial charge >= 0.3 is 0 Å². The molecule has 3 nitrogen and oxygen atoms in total. The molecule has 18 heavy (non-hydrogen) atoms. The van der Waals surface area contributed by atoms with E-state index < -0.39 is 0 Å². The molecule has 1 N–H and O–H groups in total. The number of nitrogens with one attached hydrogen (secondary N) is 1. The highest BCUT2D eigenvalue weighted by Gasteiger charge is 2.23. The maximum absolute atomic E-state index is 12.0. The van der Waals surface area contributed by atoms with Crippen LogP contribution in [0.5, 0.6) is 0 Å². The number of rotatable bonds is 6. The Bertz CT molecular complexity index is 379. The quantitative estimate of drug-likeness (QED) is 0.774. The second-order valence-electron chi connectivity index (χ2n) is 5.01. The number of benzene rings is 1. The molecule has 0 aliphatic rings. The second kappa shape index (κ2) is 6.81. The van der Waals surface area contributed by atoms with Crippen LogP contribution in [0, 0.1) is 0 Å². The van der Waals surface area contributed by atoms with E-state index in [0.29, 0.717) is 13.0 Å². The maximum Gasteiger partial charge on any atom is 0.233 e. The van der Waals surface area contributed by atoms with E-state index in [4.69, 9.17) is 4.74 Å². The minimum atomic E-state index is -0.372. The molecule has 4 heteroatoms. The van der Waals surface area contributed by atoms with Crippen LogP contribution in [0.15, 0.2) is 30.3 Å². The minimum absolute atomic E-state index is 0.0655. The first-order chi connectivity index (χ1) is 8.44. The number of methoxy groups -OCH3 is 1. The highest BCUT2D eigenvalue weighted by atomic mass is 32.1. The van der Waals surface area contributed by atoms with E-state index >= 15 is 0 Å². The van der Waals surface area contributed by atoms with E-state index in [0.717, 1.165) is 5.56 Å². The van der Waals surface area contributed by atoms with Gasteiger partial charge in [-0.1, -0.05) is 30.3 Å². The van der Waals surface area contributed by atoms with Crippen molar-refractivity contribution in [3.8, 4) is 0 Å². The molecule has 1 atom stereocenters. The Labute approximate surface area is 114 Å². The molecule has 1 aromatic carbocycles. The van der Waals surface area contributed by atoms with Crippen LogP contribution >= 0.6 is 12.6 Å². The van der Waals surface area contributed by atoms with Crippen LogP contribution in [0.4, 0.5) is 0 Å². The lowest BCUT2D eigenvalue weighted by Gasteiger charge is -2.26. The number of carbonyl (C=O) groups excluding carboxylic acids is 1. The molecule has 1 aromatic rings. The summed E-state index contributed by atoms with van der Waals surface area (Å²) in [6.07, 6.45) is 0.624. The largest absolute Gasteiger partial charge is 0.382 e. The van der Waals surface area contributed by atoms with Gasteiger partial charge in [-0.15, -0.1) is 0 Å². The van der Waals surface area contributed by atoms with Gasteiger partial charge in [-0.3, -0.25) is 4.79 Å². The molecule has 0 fully saturated rings. The SMILES string of the molecule is COCC(C)(C)NC(=O)C(S)Cc1ccccc1. The Morgan fingerprint density at radius 1 is 1.39 bits per heavy atom. The molecule has 1 unspecified atom stereocenters. The van der Waals surface area contributed by atoms with Gasteiger partial charge in [-0.05, 0) is 25.8 Å². The highest BCUT2D eigenvalue weighted by molar-refractivity contribution is 7.81. The van der Waals surface area contributed by atoms with Gasteiger partial charge in [-0.2, -0.15) is 12.6 Å². The molecule has 0 spiro atoms. The molecule has 0 aromatic heterocycles. The van der Waals surface area contributed by atoms with Gasteiger partial charge in [0.05, 0.1) is 17.4 Å². The van der Waals surface area contributed by atoms with E-state index in [2.05, 4.69) is 17.9 Å². The van der Waals surface area contributed by atoms with Gasteiger partial charge < -0.3 is 10.1 Å². The smallest absolute Gasteiger partial charge is 0.233 e. The summed E-state index contributed by atoms with van der Waals surface area (Å²) in [6.45, 7) is 4.33. The lowest BCUT2D eigenvalue weighted by atomic mass is 10.1. The summed E-state index contributed by atoms with van der Waals surface area (Å²) < 4.78 is 5.07. The maximum atomic E-state index is 12.0. The third-order valence-corrected chi connectivity index (χ3v) is 2.96. The number of thiol groups is 1. The first kappa shape index (κ1) is 15.1. The van der Waals surface area contributed by atoms with Crippen molar-refractivity contribution >= 4 is 18.5 Å². The van der Waals surface area contributed by atoms with Gasteiger partial charge in [0.25, 0.3) is 0 Å². The van der Waals surface area contributed by atoms with Crippen molar-refractivity contribution in [1.82, 2.24) is 5.32 Å². The molecule has 1 amide bonds. The molecular weight excluding hydrogens is 246 g/mol. The third-order valence-electron chi connectivity index (χ3n) is 2.54. The van der Waals surface area contributed by atoms with Crippen molar-refractivity contribution in [2.75, 3.05) is 13.7 Å². The molecule has 0 bridgehead atoms. The molecular formula is C14H21NO2S. The molecule has 0 aliphatic carbocycles. The van der Waals surface area contributed by atoms with E-state index in [1.165, 1.54) is 0 Å². The van der Waals surface area contributed by atoms with E-state index in [-0.39, 0.29) is 16.7 Å². The van der Waals surface area contributed by atoms with Crippen LogP contribution in [0.2, 0.25) is 0 Å². The van der Waals surface area contributed by atoms with Crippen LogP contribution in [0.1, 0.15) is 19.4 Å². The van der Waals surface area contributed by atoms with Gasteiger partial charge in [-0.25, -0.2) is 0 Å². The number of amides is 1. The van der Waals surface area contributed by atoms with Gasteiger partial charge in [0.15, 0.2) is 0 Å². The number of hydrogen-bond donors (Lipinski definition) is 2.